The summed E-state index contributed by atoms with van der Waals surface area (Å²) in [5.41, 5.74) is 0.0722. The maximum absolute atomic E-state index is 13.6. The van der Waals surface area contributed by atoms with Crippen LogP contribution in [0.1, 0.15) is 24.2 Å². The lowest BCUT2D eigenvalue weighted by Crippen LogP contribution is -2.40. The number of nitrogens with one attached hydrogen (secondary N) is 1. The minimum Gasteiger partial charge on any atom is -0.348 e. The molecule has 1 unspecified atom stereocenters. The van der Waals surface area contributed by atoms with Crippen molar-refractivity contribution < 1.29 is 9.18 Å². The zero-order valence-corrected chi connectivity index (χ0v) is 13.4. The molecule has 0 spiro atoms. The van der Waals surface area contributed by atoms with Crippen molar-refractivity contribution in [2.75, 3.05) is 4.43 Å². The Morgan fingerprint density at radius 2 is 2.18 bits per heavy atom. The predicted octanol–water partition coefficient (Wildman–Crippen LogP) is 3.78. The van der Waals surface area contributed by atoms with Gasteiger partial charge in [-0.05, 0) is 34.0 Å². The second-order valence-electron chi connectivity index (χ2n) is 4.07. The van der Waals surface area contributed by atoms with Gasteiger partial charge in [0.2, 0.25) is 0 Å². The molecule has 0 aliphatic heterocycles. The quantitative estimate of drug-likeness (QED) is 0.590. The van der Waals surface area contributed by atoms with E-state index in [1.54, 1.807) is 12.1 Å². The van der Waals surface area contributed by atoms with Crippen LogP contribution in [-0.4, -0.2) is 16.4 Å². The molecule has 0 aromatic heterocycles. The minimum absolute atomic E-state index is 0.0506. The monoisotopic (exact) mass is 413 g/mol. The third-order valence-electron chi connectivity index (χ3n) is 2.48. The first-order valence-electron chi connectivity index (χ1n) is 5.28. The molecule has 1 amide bonds. The molecule has 2 nitrogen and oxygen atoms in total. The van der Waals surface area contributed by atoms with E-state index in [-0.39, 0.29) is 17.5 Å². The Bertz CT molecular complexity index is 391. The number of amides is 1. The zero-order chi connectivity index (χ0) is 13.0. The van der Waals surface area contributed by atoms with Gasteiger partial charge in [-0.1, -0.05) is 42.5 Å². The van der Waals surface area contributed by atoms with E-state index in [2.05, 4.69) is 43.8 Å². The summed E-state index contributed by atoms with van der Waals surface area (Å²) in [6, 6.07) is 4.56. The Morgan fingerprint density at radius 1 is 1.53 bits per heavy atom. The van der Waals surface area contributed by atoms with Gasteiger partial charge in [0.05, 0.1) is 5.56 Å². The zero-order valence-electron chi connectivity index (χ0n) is 9.64. The number of carbonyl (C=O) groups excluding carboxylic acids is 1. The van der Waals surface area contributed by atoms with Crippen LogP contribution < -0.4 is 5.32 Å². The van der Waals surface area contributed by atoms with E-state index in [4.69, 9.17) is 0 Å². The van der Waals surface area contributed by atoms with E-state index in [0.717, 1.165) is 4.43 Å². The highest BCUT2D eigenvalue weighted by molar-refractivity contribution is 14.1. The van der Waals surface area contributed by atoms with Crippen LogP contribution in [0.5, 0.6) is 0 Å². The molecule has 94 valence electrons. The highest BCUT2D eigenvalue weighted by atomic mass is 127. The second kappa shape index (κ2) is 6.68. The van der Waals surface area contributed by atoms with Crippen LogP contribution in [0.2, 0.25) is 0 Å². The number of halogens is 3. The molecule has 1 atom stereocenters. The number of hydrogen-bond donors (Lipinski definition) is 1. The van der Waals surface area contributed by atoms with E-state index >= 15 is 0 Å². The van der Waals surface area contributed by atoms with E-state index < -0.39 is 5.82 Å². The lowest BCUT2D eigenvalue weighted by molar-refractivity contribution is 0.0927. The molecule has 0 radical (unpaired) electrons. The van der Waals surface area contributed by atoms with E-state index in [0.29, 0.717) is 10.4 Å². The lowest BCUT2D eigenvalue weighted by atomic mass is 10.1. The topological polar surface area (TPSA) is 29.1 Å². The molecular weight excluding hydrogens is 400 g/mol. The predicted molar refractivity (Wildman–Crippen MR) is 79.1 cm³/mol. The molecule has 0 bridgehead atoms. The van der Waals surface area contributed by atoms with Gasteiger partial charge < -0.3 is 5.32 Å². The molecule has 5 heteroatoms. The molecule has 1 aromatic rings. The molecule has 0 fully saturated rings. The van der Waals surface area contributed by atoms with Gasteiger partial charge >= 0.3 is 0 Å². The van der Waals surface area contributed by atoms with E-state index in [1.165, 1.54) is 6.07 Å². The van der Waals surface area contributed by atoms with Crippen LogP contribution in [0.4, 0.5) is 4.39 Å². The van der Waals surface area contributed by atoms with E-state index in [9.17, 15) is 9.18 Å². The van der Waals surface area contributed by atoms with Gasteiger partial charge in [0, 0.05) is 14.9 Å². The highest BCUT2D eigenvalue weighted by Gasteiger charge is 2.20. The third-order valence-corrected chi connectivity index (χ3v) is 4.09. The largest absolute Gasteiger partial charge is 0.348 e. The number of benzene rings is 1. The Hall–Kier alpha value is -0.170. The summed E-state index contributed by atoms with van der Waals surface area (Å²) >= 11 is 5.41. The van der Waals surface area contributed by atoms with Crippen LogP contribution in [0.25, 0.3) is 0 Å². The summed E-state index contributed by atoms with van der Waals surface area (Å²) < 4.78 is 14.8. The van der Waals surface area contributed by atoms with Gasteiger partial charge in [-0.3, -0.25) is 4.79 Å². The Kier molecular flexibility index (Phi) is 5.85. The van der Waals surface area contributed by atoms with Crippen molar-refractivity contribution >= 4 is 44.4 Å². The van der Waals surface area contributed by atoms with Crippen LogP contribution in [0.15, 0.2) is 22.7 Å². The molecule has 0 heterocycles. The fourth-order valence-electron chi connectivity index (χ4n) is 1.34. The summed E-state index contributed by atoms with van der Waals surface area (Å²) in [7, 11) is 0. The molecule has 1 rings (SSSR count). The van der Waals surface area contributed by atoms with Crippen molar-refractivity contribution in [3.8, 4) is 0 Å². The molecule has 1 aromatic carbocycles. The van der Waals surface area contributed by atoms with Crippen molar-refractivity contribution in [3.05, 3.63) is 34.1 Å². The van der Waals surface area contributed by atoms with Gasteiger partial charge in [0.1, 0.15) is 5.82 Å². The van der Waals surface area contributed by atoms with Crippen molar-refractivity contribution in [2.24, 2.45) is 5.92 Å². The molecule has 0 saturated heterocycles. The smallest absolute Gasteiger partial charge is 0.255 e. The summed E-state index contributed by atoms with van der Waals surface area (Å²) in [4.78, 5) is 12.0. The number of carbonyl (C=O) groups is 1. The molecule has 17 heavy (non-hydrogen) atoms. The summed E-state index contributed by atoms with van der Waals surface area (Å²) in [5.74, 6) is -0.556. The van der Waals surface area contributed by atoms with Crippen molar-refractivity contribution in [3.63, 3.8) is 0 Å². The van der Waals surface area contributed by atoms with Crippen molar-refractivity contribution in [2.45, 2.75) is 19.9 Å². The maximum Gasteiger partial charge on any atom is 0.255 e. The minimum atomic E-state index is -0.507. The number of alkyl halides is 1. The molecule has 1 N–H and O–H groups in total. The lowest BCUT2D eigenvalue weighted by Gasteiger charge is -2.20. The Morgan fingerprint density at radius 3 is 2.65 bits per heavy atom. The molecular formula is C12H14BrFINO. The SMILES string of the molecule is CC(C)C(CI)NC(=O)c1c(F)cccc1Br. The second-order valence-corrected chi connectivity index (χ2v) is 5.81. The molecule has 0 aliphatic carbocycles. The standard InChI is InChI=1S/C12H14BrFINO/c1-7(2)10(6-15)16-12(17)11-8(13)4-3-5-9(11)14/h3-5,7,10H,6H2,1-2H3,(H,16,17). The molecule has 0 saturated carbocycles. The van der Waals surface area contributed by atoms with Crippen molar-refractivity contribution in [1.29, 1.82) is 0 Å². The first-order chi connectivity index (χ1) is 7.97. The Balaban J connectivity index is 2.90. The van der Waals surface area contributed by atoms with Gasteiger partial charge in [0.15, 0.2) is 0 Å². The van der Waals surface area contributed by atoms with Gasteiger partial charge in [-0.25, -0.2) is 4.39 Å². The molecule has 0 aliphatic rings. The Labute approximate surface area is 123 Å². The summed E-state index contributed by atoms with van der Waals surface area (Å²) in [5, 5.41) is 2.85. The highest BCUT2D eigenvalue weighted by Crippen LogP contribution is 2.20. The summed E-state index contributed by atoms with van der Waals surface area (Å²) in [6.45, 7) is 4.06. The summed E-state index contributed by atoms with van der Waals surface area (Å²) in [6.07, 6.45) is 0. The normalized spacial score (nSPS) is 12.6. The number of rotatable bonds is 4. The van der Waals surface area contributed by atoms with Crippen LogP contribution >= 0.6 is 38.5 Å². The van der Waals surface area contributed by atoms with Crippen LogP contribution in [0, 0.1) is 11.7 Å². The fourth-order valence-corrected chi connectivity index (χ4v) is 3.10. The maximum atomic E-state index is 13.6. The van der Waals surface area contributed by atoms with Crippen LogP contribution in [0.3, 0.4) is 0 Å². The van der Waals surface area contributed by atoms with Gasteiger partial charge in [-0.15, -0.1) is 0 Å². The average molecular weight is 414 g/mol. The fraction of sp³-hybridized carbons (Fsp3) is 0.417. The van der Waals surface area contributed by atoms with Gasteiger partial charge in [-0.2, -0.15) is 0 Å². The third kappa shape index (κ3) is 3.91. The first-order valence-corrected chi connectivity index (χ1v) is 7.60. The van der Waals surface area contributed by atoms with E-state index in [1.807, 2.05) is 13.8 Å². The van der Waals surface area contributed by atoms with Crippen LogP contribution in [-0.2, 0) is 0 Å². The van der Waals surface area contributed by atoms with Crippen molar-refractivity contribution in [1.82, 2.24) is 5.32 Å². The average Bonchev–Trinajstić information content (AvgIpc) is 2.25. The number of hydrogen-bond acceptors (Lipinski definition) is 1. The van der Waals surface area contributed by atoms with Gasteiger partial charge in [0.25, 0.3) is 5.91 Å². The first kappa shape index (κ1) is 14.9.